The first-order chi connectivity index (χ1) is 21.3. The van der Waals surface area contributed by atoms with E-state index in [9.17, 15) is 20.4 Å². The van der Waals surface area contributed by atoms with Gasteiger partial charge < -0.3 is 29.9 Å². The van der Waals surface area contributed by atoms with Crippen LogP contribution in [0.3, 0.4) is 0 Å². The number of unbranched alkanes of at least 4 members (excludes halogenated alkanes) is 11. The normalized spacial score (nSPS) is 12.3. The Hall–Kier alpha value is -2.44. The highest BCUT2D eigenvalue weighted by Crippen LogP contribution is 2.28. The average molecular weight is 617 g/mol. The van der Waals surface area contributed by atoms with Gasteiger partial charge in [-0.3, -0.25) is 0 Å². The zero-order valence-corrected chi connectivity index (χ0v) is 28.4. The molecule has 0 amide bonds. The van der Waals surface area contributed by atoms with Crippen molar-refractivity contribution in [2.45, 2.75) is 154 Å². The maximum Gasteiger partial charge on any atom is 0.160 e. The highest BCUT2D eigenvalue weighted by Gasteiger charge is 2.08. The van der Waals surface area contributed by atoms with E-state index in [-0.39, 0.29) is 23.7 Å². The van der Waals surface area contributed by atoms with Gasteiger partial charge in [0, 0.05) is 0 Å². The van der Waals surface area contributed by atoms with Gasteiger partial charge in [0.05, 0.1) is 26.4 Å². The number of benzene rings is 2. The third-order valence-electron chi connectivity index (χ3n) is 8.29. The molecule has 0 radical (unpaired) electrons. The highest BCUT2D eigenvalue weighted by atomic mass is 16.5. The highest BCUT2D eigenvalue weighted by molar-refractivity contribution is 5.42. The van der Waals surface area contributed by atoms with Crippen LogP contribution in [0, 0.1) is 0 Å². The summed E-state index contributed by atoms with van der Waals surface area (Å²) in [6.45, 7) is 4.46. The van der Waals surface area contributed by atoms with Crippen molar-refractivity contribution in [1.29, 1.82) is 0 Å². The van der Waals surface area contributed by atoms with Crippen molar-refractivity contribution in [3.63, 3.8) is 0 Å². The van der Waals surface area contributed by atoms with Gasteiger partial charge in [-0.15, -0.1) is 0 Å². The molecule has 0 fully saturated rings. The number of methoxy groups -OCH3 is 2. The monoisotopic (exact) mass is 616 g/mol. The minimum Gasteiger partial charge on any atom is -0.504 e. The molecule has 0 spiro atoms. The first kappa shape index (κ1) is 39.6. The van der Waals surface area contributed by atoms with Gasteiger partial charge in [-0.1, -0.05) is 109 Å². The van der Waals surface area contributed by atoms with Crippen molar-refractivity contribution in [3.05, 3.63) is 47.5 Å². The predicted octanol–water partition coefficient (Wildman–Crippen LogP) is 9.67. The second-order valence-electron chi connectivity index (χ2n) is 12.2. The number of hydrogen-bond acceptors (Lipinski definition) is 6. The first-order valence-corrected chi connectivity index (χ1v) is 17.4. The Morgan fingerprint density at radius 3 is 1.34 bits per heavy atom. The molecular formula is C38H64O6. The van der Waals surface area contributed by atoms with Crippen molar-refractivity contribution in [1.82, 2.24) is 0 Å². The summed E-state index contributed by atoms with van der Waals surface area (Å²) < 4.78 is 10.2. The van der Waals surface area contributed by atoms with Crippen LogP contribution in [0.25, 0.3) is 0 Å². The lowest BCUT2D eigenvalue weighted by Crippen LogP contribution is -2.07. The minimum absolute atomic E-state index is 0.143. The van der Waals surface area contributed by atoms with E-state index in [1.54, 1.807) is 26.4 Å². The van der Waals surface area contributed by atoms with Gasteiger partial charge in [-0.25, -0.2) is 0 Å². The molecule has 0 saturated carbocycles. The van der Waals surface area contributed by atoms with E-state index in [2.05, 4.69) is 13.8 Å². The Balaban J connectivity index is 0.000000440. The summed E-state index contributed by atoms with van der Waals surface area (Å²) >= 11 is 0. The second-order valence-corrected chi connectivity index (χ2v) is 12.2. The van der Waals surface area contributed by atoms with E-state index in [1.807, 2.05) is 24.3 Å². The molecule has 0 aliphatic carbocycles. The number of rotatable bonds is 24. The molecule has 2 unspecified atom stereocenters. The summed E-state index contributed by atoms with van der Waals surface area (Å²) in [5.41, 5.74) is 2.26. The van der Waals surface area contributed by atoms with E-state index in [4.69, 9.17) is 9.47 Å². The Morgan fingerprint density at radius 2 is 0.886 bits per heavy atom. The van der Waals surface area contributed by atoms with Crippen molar-refractivity contribution in [3.8, 4) is 23.0 Å². The third kappa shape index (κ3) is 19.1. The molecule has 4 N–H and O–H groups in total. The summed E-state index contributed by atoms with van der Waals surface area (Å²) in [7, 11) is 3.11. The Kier molecular flexibility index (Phi) is 23.2. The van der Waals surface area contributed by atoms with Crippen LogP contribution in [0.15, 0.2) is 36.4 Å². The van der Waals surface area contributed by atoms with Gasteiger partial charge in [-0.2, -0.15) is 0 Å². The van der Waals surface area contributed by atoms with Crippen LogP contribution >= 0.6 is 0 Å². The van der Waals surface area contributed by atoms with Gasteiger partial charge in [-0.05, 0) is 80.3 Å². The van der Waals surface area contributed by atoms with Gasteiger partial charge in [0.1, 0.15) is 0 Å². The standard InChI is InChI=1S/2C19H32O3/c1-3-4-5-6-7-11-17(20)12-9-8-10-16-13-14-18(21)19(15-16)22-2;1-3-4-5-6-7-8-9-10-17(20)13-11-16-12-14-18(21)19(15-16)22-2/h13-15,17,20-21H,3-12H2,1-2H3;12,14-15,17,20-21H,3-11,13H2,1-2H3. The minimum atomic E-state index is -0.226. The molecule has 0 bridgehead atoms. The number of aryl methyl sites for hydroxylation is 2. The fourth-order valence-corrected chi connectivity index (χ4v) is 5.41. The fourth-order valence-electron chi connectivity index (χ4n) is 5.41. The lowest BCUT2D eigenvalue weighted by Gasteiger charge is -2.11. The molecule has 2 atom stereocenters. The van der Waals surface area contributed by atoms with Crippen LogP contribution in [-0.4, -0.2) is 46.9 Å². The SMILES string of the molecule is CCCCCCCC(O)CCCCc1ccc(O)c(OC)c1.CCCCCCCCCC(O)CCc1ccc(O)c(OC)c1. The van der Waals surface area contributed by atoms with E-state index in [0.29, 0.717) is 11.5 Å². The fraction of sp³-hybridized carbons (Fsp3) is 0.684. The largest absolute Gasteiger partial charge is 0.504 e. The van der Waals surface area contributed by atoms with E-state index < -0.39 is 0 Å². The Bertz CT molecular complexity index is 962. The smallest absolute Gasteiger partial charge is 0.160 e. The van der Waals surface area contributed by atoms with Gasteiger partial charge in [0.2, 0.25) is 0 Å². The molecule has 0 aliphatic rings. The van der Waals surface area contributed by atoms with Crippen LogP contribution in [0.5, 0.6) is 23.0 Å². The number of ether oxygens (including phenoxy) is 2. The lowest BCUT2D eigenvalue weighted by molar-refractivity contribution is 0.147. The van der Waals surface area contributed by atoms with Crippen LogP contribution in [0.2, 0.25) is 0 Å². The molecule has 6 heteroatoms. The number of hydrogen-bond donors (Lipinski definition) is 4. The summed E-state index contributed by atoms with van der Waals surface area (Å²) in [6, 6.07) is 10.9. The van der Waals surface area contributed by atoms with Crippen molar-refractivity contribution in [2.75, 3.05) is 14.2 Å². The molecule has 44 heavy (non-hydrogen) atoms. The molecule has 2 aromatic rings. The van der Waals surface area contributed by atoms with Crippen molar-refractivity contribution in [2.24, 2.45) is 0 Å². The first-order valence-electron chi connectivity index (χ1n) is 17.4. The molecule has 2 aromatic carbocycles. The Morgan fingerprint density at radius 1 is 0.500 bits per heavy atom. The number of aliphatic hydroxyl groups is 2. The Labute approximate surface area is 268 Å². The number of phenolic OH excluding ortho intramolecular Hbond substituents is 2. The van der Waals surface area contributed by atoms with Gasteiger partial charge in [0.15, 0.2) is 23.0 Å². The summed E-state index contributed by atoms with van der Waals surface area (Å²) in [4.78, 5) is 0. The molecule has 0 aliphatic heterocycles. The van der Waals surface area contributed by atoms with Crippen molar-refractivity contribution < 1.29 is 29.9 Å². The van der Waals surface area contributed by atoms with E-state index in [1.165, 1.54) is 69.8 Å². The van der Waals surface area contributed by atoms with E-state index >= 15 is 0 Å². The lowest BCUT2D eigenvalue weighted by atomic mass is 10.0. The average Bonchev–Trinajstić information content (AvgIpc) is 3.03. The molecule has 2 rings (SSSR count). The quantitative estimate of drug-likeness (QED) is 0.0877. The zero-order chi connectivity index (χ0) is 32.4. The molecule has 0 aromatic heterocycles. The van der Waals surface area contributed by atoms with Crippen LogP contribution < -0.4 is 9.47 Å². The molecular weight excluding hydrogens is 552 g/mol. The summed E-state index contributed by atoms with van der Waals surface area (Å²) in [6.07, 6.45) is 22.2. The summed E-state index contributed by atoms with van der Waals surface area (Å²) in [5.74, 6) is 1.38. The third-order valence-corrected chi connectivity index (χ3v) is 8.29. The molecule has 0 saturated heterocycles. The van der Waals surface area contributed by atoms with Crippen LogP contribution in [-0.2, 0) is 12.8 Å². The number of aliphatic hydroxyl groups excluding tert-OH is 2. The van der Waals surface area contributed by atoms with Crippen LogP contribution in [0.1, 0.15) is 141 Å². The van der Waals surface area contributed by atoms with Crippen molar-refractivity contribution >= 4 is 0 Å². The maximum absolute atomic E-state index is 10.1. The van der Waals surface area contributed by atoms with Gasteiger partial charge >= 0.3 is 0 Å². The summed E-state index contributed by atoms with van der Waals surface area (Å²) in [5, 5.41) is 39.1. The van der Waals surface area contributed by atoms with Gasteiger partial charge in [0.25, 0.3) is 0 Å². The number of phenols is 2. The predicted molar refractivity (Wildman–Crippen MR) is 183 cm³/mol. The molecule has 252 valence electrons. The second kappa shape index (κ2) is 25.8. The number of aromatic hydroxyl groups is 2. The molecule has 6 nitrogen and oxygen atoms in total. The van der Waals surface area contributed by atoms with Crippen LogP contribution in [0.4, 0.5) is 0 Å². The zero-order valence-electron chi connectivity index (χ0n) is 28.4. The maximum atomic E-state index is 10.1. The van der Waals surface area contributed by atoms with E-state index in [0.717, 1.165) is 69.8 Å². The molecule has 0 heterocycles. The topological polar surface area (TPSA) is 99.4 Å².